The highest BCUT2D eigenvalue weighted by atomic mass is 32.2. The molecule has 192 valence electrons. The molecule has 3 aromatic carbocycles. The van der Waals surface area contributed by atoms with Crippen LogP contribution in [0.2, 0.25) is 0 Å². The number of nitrogens with one attached hydrogen (secondary N) is 1. The largest absolute Gasteiger partial charge is 0.464 e. The highest BCUT2D eigenvalue weighted by Crippen LogP contribution is 2.42. The predicted molar refractivity (Wildman–Crippen MR) is 146 cm³/mol. The van der Waals surface area contributed by atoms with Crippen LogP contribution in [0.5, 0.6) is 0 Å². The smallest absolute Gasteiger partial charge is 0.426 e. The molecular weight excluding hydrogens is 472 g/mol. The molecule has 6 nitrogen and oxygen atoms in total. The van der Waals surface area contributed by atoms with Gasteiger partial charge in [0.2, 0.25) is 0 Å². The number of hydrogen-bond donors (Lipinski definition) is 2. The van der Waals surface area contributed by atoms with Gasteiger partial charge in [0.15, 0.2) is 0 Å². The van der Waals surface area contributed by atoms with Gasteiger partial charge in [-0.1, -0.05) is 120 Å². The maximum absolute atomic E-state index is 14.0. The molecule has 2 N–H and O–H groups in total. The third-order valence-corrected chi connectivity index (χ3v) is 7.37. The Bertz CT molecular complexity index is 1250. The molecule has 7 heteroatoms. The monoisotopic (exact) mass is 508 g/mol. The Balaban J connectivity index is 2.27. The second-order valence-electron chi connectivity index (χ2n) is 11.1. The zero-order valence-electron chi connectivity index (χ0n) is 22.0. The Kier molecular flexibility index (Phi) is 7.67. The number of amides is 1. The summed E-state index contributed by atoms with van der Waals surface area (Å²) < 4.78 is 31.2. The van der Waals surface area contributed by atoms with Gasteiger partial charge in [-0.3, -0.25) is 0 Å². The van der Waals surface area contributed by atoms with Crippen LogP contribution in [-0.2, 0) is 21.0 Å². The first-order valence-corrected chi connectivity index (χ1v) is 13.4. The molecular formula is C29H36N2O4S. The summed E-state index contributed by atoms with van der Waals surface area (Å²) in [5, 5.41) is 10.4. The lowest BCUT2D eigenvalue weighted by molar-refractivity contribution is 0.206. The number of carbonyl (C=O) groups is 1. The second kappa shape index (κ2) is 10.1. The maximum Gasteiger partial charge on any atom is 0.426 e. The third-order valence-electron chi connectivity index (χ3n) is 6.02. The van der Waals surface area contributed by atoms with E-state index in [9.17, 15) is 18.3 Å². The Morgan fingerprint density at radius 3 is 1.53 bits per heavy atom. The van der Waals surface area contributed by atoms with E-state index < -0.39 is 33.2 Å². The van der Waals surface area contributed by atoms with Crippen molar-refractivity contribution in [2.24, 2.45) is 0 Å². The summed E-state index contributed by atoms with van der Waals surface area (Å²) in [7, 11) is -4.56. The van der Waals surface area contributed by atoms with Gasteiger partial charge in [-0.25, -0.2) is 4.79 Å². The van der Waals surface area contributed by atoms with Crippen LogP contribution in [0.4, 0.5) is 10.5 Å². The first-order chi connectivity index (χ1) is 16.6. The highest BCUT2D eigenvalue weighted by molar-refractivity contribution is 7.91. The van der Waals surface area contributed by atoms with Crippen molar-refractivity contribution >= 4 is 22.0 Å². The molecule has 0 bridgehead atoms. The van der Waals surface area contributed by atoms with Crippen molar-refractivity contribution in [3.8, 4) is 0 Å². The number of nitrogens with zero attached hydrogens (tertiary/aromatic N) is 1. The topological polar surface area (TPSA) is 86.7 Å². The molecule has 0 radical (unpaired) electrons. The van der Waals surface area contributed by atoms with E-state index in [0.717, 1.165) is 5.56 Å². The van der Waals surface area contributed by atoms with Crippen LogP contribution < -0.4 is 9.03 Å². The fourth-order valence-corrected chi connectivity index (χ4v) is 5.60. The zero-order chi connectivity index (χ0) is 26.9. The molecule has 0 heterocycles. The minimum atomic E-state index is -4.56. The van der Waals surface area contributed by atoms with Gasteiger partial charge in [0, 0.05) is 0 Å². The molecule has 0 aliphatic carbocycles. The van der Waals surface area contributed by atoms with E-state index in [0.29, 0.717) is 26.6 Å². The lowest BCUT2D eigenvalue weighted by Gasteiger charge is -2.35. The summed E-state index contributed by atoms with van der Waals surface area (Å²) >= 11 is 0. The van der Waals surface area contributed by atoms with Crippen molar-refractivity contribution in [2.75, 3.05) is 4.31 Å². The minimum absolute atomic E-state index is 0.181. The molecule has 0 aromatic heterocycles. The van der Waals surface area contributed by atoms with Gasteiger partial charge in [-0.15, -0.1) is 0 Å². The van der Waals surface area contributed by atoms with E-state index in [1.807, 2.05) is 121 Å². The van der Waals surface area contributed by atoms with Gasteiger partial charge in [-0.2, -0.15) is 17.4 Å². The van der Waals surface area contributed by atoms with Crippen LogP contribution in [0.25, 0.3) is 0 Å². The van der Waals surface area contributed by atoms with E-state index in [4.69, 9.17) is 0 Å². The molecule has 0 saturated carbocycles. The molecule has 0 aliphatic heterocycles. The number of benzene rings is 3. The summed E-state index contributed by atoms with van der Waals surface area (Å²) in [6.45, 7) is 13.7. The Morgan fingerprint density at radius 1 is 0.806 bits per heavy atom. The average molecular weight is 509 g/mol. The summed E-state index contributed by atoms with van der Waals surface area (Å²) in [5.74, 6) is 0. The van der Waals surface area contributed by atoms with Crippen molar-refractivity contribution in [3.05, 3.63) is 101 Å². The minimum Gasteiger partial charge on any atom is -0.464 e. The third kappa shape index (κ3) is 5.97. The van der Waals surface area contributed by atoms with Gasteiger partial charge in [0.05, 0.1) is 11.7 Å². The average Bonchev–Trinajstić information content (AvgIpc) is 2.77. The van der Waals surface area contributed by atoms with Crippen molar-refractivity contribution in [3.63, 3.8) is 0 Å². The van der Waals surface area contributed by atoms with E-state index >= 15 is 0 Å². The van der Waals surface area contributed by atoms with E-state index in [-0.39, 0.29) is 5.69 Å². The molecule has 0 aliphatic rings. The SMILES string of the molecule is Cc1cc(C(C)(C)C)c(N(C(=O)O)S(=O)(=O)NC(c2ccccc2)c2ccccc2)c(C(C)(C)C)c1. The summed E-state index contributed by atoms with van der Waals surface area (Å²) in [5.41, 5.74) is 2.80. The van der Waals surface area contributed by atoms with Crippen molar-refractivity contribution in [1.82, 2.24) is 4.72 Å². The summed E-state index contributed by atoms with van der Waals surface area (Å²) in [6, 6.07) is 21.2. The first-order valence-electron chi connectivity index (χ1n) is 11.9. The zero-order valence-corrected chi connectivity index (χ0v) is 22.8. The normalized spacial score (nSPS) is 12.6. The van der Waals surface area contributed by atoms with Gasteiger partial charge in [0.1, 0.15) is 0 Å². The lowest BCUT2D eigenvalue weighted by Crippen LogP contribution is -2.47. The molecule has 0 saturated heterocycles. The van der Waals surface area contributed by atoms with Crippen LogP contribution in [-0.4, -0.2) is 19.6 Å². The highest BCUT2D eigenvalue weighted by Gasteiger charge is 2.39. The molecule has 1 amide bonds. The van der Waals surface area contributed by atoms with Crippen LogP contribution in [0, 0.1) is 6.92 Å². The van der Waals surface area contributed by atoms with E-state index in [2.05, 4.69) is 4.72 Å². The quantitative estimate of drug-likeness (QED) is 0.388. The summed E-state index contributed by atoms with van der Waals surface area (Å²) in [6.07, 6.45) is -1.57. The Labute approximate surface area is 215 Å². The molecule has 36 heavy (non-hydrogen) atoms. The predicted octanol–water partition coefficient (Wildman–Crippen LogP) is 6.70. The molecule has 3 rings (SSSR count). The molecule has 0 unspecified atom stereocenters. The van der Waals surface area contributed by atoms with E-state index in [1.54, 1.807) is 0 Å². The number of carboxylic acid groups (broad SMARTS) is 1. The van der Waals surface area contributed by atoms with Crippen molar-refractivity contribution < 1.29 is 18.3 Å². The number of hydrogen-bond acceptors (Lipinski definition) is 3. The maximum atomic E-state index is 14.0. The van der Waals surface area contributed by atoms with E-state index in [1.165, 1.54) is 0 Å². The molecule has 3 aromatic rings. The molecule has 0 fully saturated rings. The van der Waals surface area contributed by atoms with Gasteiger partial charge >= 0.3 is 16.3 Å². The number of aryl methyl sites for hydroxylation is 1. The van der Waals surface area contributed by atoms with Gasteiger partial charge in [0.25, 0.3) is 0 Å². The standard InChI is InChI=1S/C29H36N2O4S/c1-20-18-23(28(2,3)4)26(24(19-20)29(5,6)7)31(27(32)33)36(34,35)30-25(21-14-10-8-11-15-21)22-16-12-9-13-17-22/h8-19,25,30H,1-7H3,(H,32,33). The Hall–Kier alpha value is -3.16. The first kappa shape index (κ1) is 27.4. The van der Waals surface area contributed by atoms with Crippen LogP contribution >= 0.6 is 0 Å². The fraction of sp³-hybridized carbons (Fsp3) is 0.345. The summed E-state index contributed by atoms with van der Waals surface area (Å²) in [4.78, 5) is 12.8. The van der Waals surface area contributed by atoms with Crippen LogP contribution in [0.15, 0.2) is 72.8 Å². The fourth-order valence-electron chi connectivity index (χ4n) is 4.28. The van der Waals surface area contributed by atoms with Crippen molar-refractivity contribution in [2.45, 2.75) is 65.3 Å². The van der Waals surface area contributed by atoms with Crippen LogP contribution in [0.1, 0.15) is 75.4 Å². The second-order valence-corrected chi connectivity index (χ2v) is 12.7. The van der Waals surface area contributed by atoms with Gasteiger partial charge < -0.3 is 5.11 Å². The van der Waals surface area contributed by atoms with Crippen molar-refractivity contribution in [1.29, 1.82) is 0 Å². The van der Waals surface area contributed by atoms with Crippen LogP contribution in [0.3, 0.4) is 0 Å². The number of rotatable bonds is 6. The van der Waals surface area contributed by atoms with Gasteiger partial charge in [-0.05, 0) is 40.0 Å². The number of anilines is 1. The molecule has 0 spiro atoms. The molecule has 0 atom stereocenters. The lowest BCUT2D eigenvalue weighted by atomic mass is 9.77. The Morgan fingerprint density at radius 2 is 1.19 bits per heavy atom.